The molecule has 1 amide bonds. The summed E-state index contributed by atoms with van der Waals surface area (Å²) < 4.78 is 12.7. The molecule has 46 heavy (non-hydrogen) atoms. The van der Waals surface area contributed by atoms with Gasteiger partial charge in [-0.25, -0.2) is 4.79 Å². The first-order chi connectivity index (χ1) is 22.4. The molecule has 1 saturated heterocycles. The average Bonchev–Trinajstić information content (AvgIpc) is 3.39. The standard InChI is InChI=1S/C36H34N4O6/c1-45-28-19-17-27(18-20-28)36(25-13-7-3-8-14-25,26-15-9-4-10-16-26)37-23-29-31(41)32(42)34(46-29)40-22-21-30(39-35(40)44)38-33(43)24-11-5-2-6-12-24/h2-22,29,31-32,34,37,41-42H,23H2,1H3,(H,38,39,43,44)/t29-,31?,32+,34-/m1/s1. The number of hydrogen-bond acceptors (Lipinski definition) is 8. The first kappa shape index (κ1) is 30.9. The minimum atomic E-state index is -1.42. The van der Waals surface area contributed by atoms with Gasteiger partial charge in [-0.15, -0.1) is 0 Å². The number of aliphatic hydroxyl groups is 2. The van der Waals surface area contributed by atoms with Gasteiger partial charge in [0.05, 0.1) is 12.6 Å². The lowest BCUT2D eigenvalue weighted by molar-refractivity contribution is -0.0399. The molecule has 1 unspecified atom stereocenters. The van der Waals surface area contributed by atoms with Crippen LogP contribution in [0.3, 0.4) is 0 Å². The molecule has 0 bridgehead atoms. The molecule has 2 heterocycles. The largest absolute Gasteiger partial charge is 0.497 e. The van der Waals surface area contributed by atoms with Gasteiger partial charge < -0.3 is 25.0 Å². The summed E-state index contributed by atoms with van der Waals surface area (Å²) in [7, 11) is 1.62. The number of carbonyl (C=O) groups is 1. The number of rotatable bonds is 10. The van der Waals surface area contributed by atoms with Gasteiger partial charge >= 0.3 is 5.69 Å². The Hall–Kier alpha value is -5.13. The van der Waals surface area contributed by atoms with Crippen LogP contribution in [0.1, 0.15) is 33.3 Å². The van der Waals surface area contributed by atoms with Crippen LogP contribution < -0.4 is 21.1 Å². The summed E-state index contributed by atoms with van der Waals surface area (Å²) in [5.41, 5.74) is 1.60. The summed E-state index contributed by atoms with van der Waals surface area (Å²) in [5, 5.41) is 28.4. The Morgan fingerprint density at radius 1 is 0.826 bits per heavy atom. The topological polar surface area (TPSA) is 135 Å². The van der Waals surface area contributed by atoms with Crippen LogP contribution in [0, 0.1) is 0 Å². The molecule has 5 aromatic rings. The van der Waals surface area contributed by atoms with E-state index in [1.807, 2.05) is 84.9 Å². The zero-order valence-corrected chi connectivity index (χ0v) is 25.1. The highest BCUT2D eigenvalue weighted by Crippen LogP contribution is 2.38. The van der Waals surface area contributed by atoms with E-state index in [0.717, 1.165) is 21.3 Å². The normalized spacial score (nSPS) is 19.5. The highest BCUT2D eigenvalue weighted by Gasteiger charge is 2.46. The highest BCUT2D eigenvalue weighted by molar-refractivity contribution is 6.03. The van der Waals surface area contributed by atoms with Crippen LogP contribution in [-0.4, -0.2) is 57.6 Å². The Kier molecular flexibility index (Phi) is 9.04. The van der Waals surface area contributed by atoms with Crippen molar-refractivity contribution in [1.82, 2.24) is 14.9 Å². The molecule has 10 nitrogen and oxygen atoms in total. The minimum Gasteiger partial charge on any atom is -0.497 e. The lowest BCUT2D eigenvalue weighted by atomic mass is 9.76. The fourth-order valence-corrected chi connectivity index (χ4v) is 5.86. The summed E-state index contributed by atoms with van der Waals surface area (Å²) in [5.74, 6) is 0.349. The minimum absolute atomic E-state index is 0.0522. The van der Waals surface area contributed by atoms with E-state index in [1.165, 1.54) is 12.3 Å². The monoisotopic (exact) mass is 618 g/mol. The molecule has 0 radical (unpaired) electrons. The van der Waals surface area contributed by atoms with Crippen molar-refractivity contribution in [1.29, 1.82) is 0 Å². The number of carbonyl (C=O) groups excluding carboxylic acids is 1. The number of nitrogens with zero attached hydrogens (tertiary/aromatic N) is 2. The van der Waals surface area contributed by atoms with E-state index >= 15 is 0 Å². The van der Waals surface area contributed by atoms with E-state index in [9.17, 15) is 19.8 Å². The predicted molar refractivity (Wildman–Crippen MR) is 173 cm³/mol. The van der Waals surface area contributed by atoms with Crippen molar-refractivity contribution in [2.24, 2.45) is 0 Å². The second kappa shape index (κ2) is 13.5. The van der Waals surface area contributed by atoms with Crippen molar-refractivity contribution in [3.05, 3.63) is 160 Å². The number of aliphatic hydroxyl groups excluding tert-OH is 2. The molecule has 0 saturated carbocycles. The quantitative estimate of drug-likeness (QED) is 0.174. The molecule has 1 aliphatic rings. The number of methoxy groups -OCH3 is 1. The number of hydrogen-bond donors (Lipinski definition) is 4. The zero-order valence-electron chi connectivity index (χ0n) is 25.1. The van der Waals surface area contributed by atoms with Crippen LogP contribution in [0.2, 0.25) is 0 Å². The Morgan fingerprint density at radius 2 is 1.39 bits per heavy atom. The van der Waals surface area contributed by atoms with E-state index in [2.05, 4.69) is 15.6 Å². The Balaban J connectivity index is 1.27. The van der Waals surface area contributed by atoms with Crippen molar-refractivity contribution >= 4 is 11.7 Å². The maximum Gasteiger partial charge on any atom is 0.351 e. The molecule has 1 aromatic heterocycles. The molecule has 1 aliphatic heterocycles. The predicted octanol–water partition coefficient (Wildman–Crippen LogP) is 3.71. The van der Waals surface area contributed by atoms with Gasteiger partial charge in [-0.2, -0.15) is 4.98 Å². The van der Waals surface area contributed by atoms with Crippen LogP contribution in [0.4, 0.5) is 5.82 Å². The fourth-order valence-electron chi connectivity index (χ4n) is 5.86. The second-order valence-corrected chi connectivity index (χ2v) is 11.0. The molecule has 4 atom stereocenters. The summed E-state index contributed by atoms with van der Waals surface area (Å²) >= 11 is 0. The molecular weight excluding hydrogens is 584 g/mol. The Labute approximate surface area is 265 Å². The lowest BCUT2D eigenvalue weighted by Gasteiger charge is -2.38. The smallest absolute Gasteiger partial charge is 0.351 e. The maximum absolute atomic E-state index is 13.0. The third-order valence-electron chi connectivity index (χ3n) is 8.22. The molecule has 4 N–H and O–H groups in total. The van der Waals surface area contributed by atoms with Gasteiger partial charge in [0.1, 0.15) is 29.9 Å². The zero-order chi connectivity index (χ0) is 32.1. The summed E-state index contributed by atoms with van der Waals surface area (Å²) in [6.07, 6.45) is -3.46. The number of aromatic nitrogens is 2. The summed E-state index contributed by atoms with van der Waals surface area (Å²) in [6, 6.07) is 37.6. The van der Waals surface area contributed by atoms with Crippen LogP contribution in [0.15, 0.2) is 132 Å². The highest BCUT2D eigenvalue weighted by atomic mass is 16.6. The number of anilines is 1. The number of nitrogens with one attached hydrogen (secondary N) is 2. The molecule has 6 rings (SSSR count). The molecule has 1 fully saturated rings. The van der Waals surface area contributed by atoms with E-state index < -0.39 is 41.7 Å². The number of amides is 1. The molecule has 234 valence electrons. The maximum atomic E-state index is 13.0. The van der Waals surface area contributed by atoms with E-state index in [-0.39, 0.29) is 12.4 Å². The third-order valence-corrected chi connectivity index (χ3v) is 8.22. The van der Waals surface area contributed by atoms with Crippen molar-refractivity contribution < 1.29 is 24.5 Å². The van der Waals surface area contributed by atoms with Gasteiger partial charge in [0.15, 0.2) is 6.23 Å². The van der Waals surface area contributed by atoms with Crippen molar-refractivity contribution in [3.63, 3.8) is 0 Å². The van der Waals surface area contributed by atoms with E-state index in [1.54, 1.807) is 37.4 Å². The van der Waals surface area contributed by atoms with E-state index in [4.69, 9.17) is 9.47 Å². The second-order valence-electron chi connectivity index (χ2n) is 11.0. The van der Waals surface area contributed by atoms with Gasteiger partial charge in [-0.1, -0.05) is 91.0 Å². The fraction of sp³-hybridized carbons (Fsp3) is 0.194. The van der Waals surface area contributed by atoms with Gasteiger partial charge in [-0.3, -0.25) is 14.7 Å². The molecular formula is C36H34N4O6. The first-order valence-corrected chi connectivity index (χ1v) is 14.9. The lowest BCUT2D eigenvalue weighted by Crippen LogP contribution is -2.49. The SMILES string of the molecule is COc1ccc(C(NC[C@H]2O[C@@H](n3ccc(NC(=O)c4ccccc4)nc3=O)[C@@H](O)C2O)(c2ccccc2)c2ccccc2)cc1. The number of benzene rings is 4. The van der Waals surface area contributed by atoms with Crippen LogP contribution >= 0.6 is 0 Å². The average molecular weight is 619 g/mol. The van der Waals surface area contributed by atoms with Crippen molar-refractivity contribution in [2.75, 3.05) is 19.0 Å². The molecule has 10 heteroatoms. The van der Waals surface area contributed by atoms with Gasteiger partial charge in [-0.05, 0) is 47.0 Å². The Bertz CT molecular complexity index is 1780. The Morgan fingerprint density at radius 3 is 1.96 bits per heavy atom. The third kappa shape index (κ3) is 6.07. The molecule has 0 spiro atoms. The van der Waals surface area contributed by atoms with Gasteiger partial charge in [0, 0.05) is 18.3 Å². The van der Waals surface area contributed by atoms with Crippen LogP contribution in [-0.2, 0) is 10.3 Å². The molecule has 0 aliphatic carbocycles. The van der Waals surface area contributed by atoms with Crippen LogP contribution in [0.25, 0.3) is 0 Å². The van der Waals surface area contributed by atoms with Crippen molar-refractivity contribution in [3.8, 4) is 5.75 Å². The number of ether oxygens (including phenoxy) is 2. The summed E-state index contributed by atoms with van der Waals surface area (Å²) in [4.78, 5) is 29.5. The first-order valence-electron chi connectivity index (χ1n) is 14.9. The van der Waals surface area contributed by atoms with Gasteiger partial charge in [0.2, 0.25) is 0 Å². The van der Waals surface area contributed by atoms with Gasteiger partial charge in [0.25, 0.3) is 5.91 Å². The summed E-state index contributed by atoms with van der Waals surface area (Å²) in [6.45, 7) is 0.109. The van der Waals surface area contributed by atoms with E-state index in [0.29, 0.717) is 11.3 Å². The van der Waals surface area contributed by atoms with Crippen LogP contribution in [0.5, 0.6) is 5.75 Å². The van der Waals surface area contributed by atoms with Crippen molar-refractivity contribution in [2.45, 2.75) is 30.1 Å². The molecule has 4 aromatic carbocycles.